The first-order chi connectivity index (χ1) is 14.0. The normalized spacial score (nSPS) is 17.0. The molecule has 1 aromatic carbocycles. The molecule has 7 heteroatoms. The smallest absolute Gasteiger partial charge is 0.122 e. The van der Waals surface area contributed by atoms with Crippen LogP contribution in [0.1, 0.15) is 18.3 Å². The molecule has 0 spiro atoms. The quantitative estimate of drug-likeness (QED) is 0.650. The molecule has 0 amide bonds. The molecule has 0 radical (unpaired) electrons. The molecule has 1 atom stereocenters. The number of piperazine rings is 1. The SMILES string of the molecule is CCN1CCN(CC(O)COc2cccc(CN(C)Cc3nccn3C)c2)CC1. The van der Waals surface area contributed by atoms with E-state index in [9.17, 15) is 5.11 Å². The van der Waals surface area contributed by atoms with E-state index in [1.807, 2.05) is 36.1 Å². The van der Waals surface area contributed by atoms with Gasteiger partial charge in [0, 0.05) is 58.7 Å². The molecule has 1 fully saturated rings. The zero-order valence-corrected chi connectivity index (χ0v) is 18.0. The van der Waals surface area contributed by atoms with Crippen molar-refractivity contribution in [3.05, 3.63) is 48.0 Å². The lowest BCUT2D eigenvalue weighted by atomic mass is 10.2. The van der Waals surface area contributed by atoms with Gasteiger partial charge in [0.05, 0.1) is 6.54 Å². The first kappa shape index (κ1) is 21.8. The summed E-state index contributed by atoms with van der Waals surface area (Å²) in [4.78, 5) is 11.4. The maximum absolute atomic E-state index is 10.4. The topological polar surface area (TPSA) is 57.0 Å². The zero-order chi connectivity index (χ0) is 20.6. The Labute approximate surface area is 174 Å². The Morgan fingerprint density at radius 1 is 1.17 bits per heavy atom. The minimum absolute atomic E-state index is 0.320. The molecule has 1 unspecified atom stereocenters. The molecule has 1 aliphatic heterocycles. The Hall–Kier alpha value is -1.93. The Bertz CT molecular complexity index is 742. The third-order valence-electron chi connectivity index (χ3n) is 5.51. The standard InChI is InChI=1S/C22H35N5O2/c1-4-26-10-12-27(13-11-26)16-20(28)18-29-21-7-5-6-19(14-21)15-24(2)17-22-23-8-9-25(22)3/h5-9,14,20,28H,4,10-13,15-18H2,1-3H3. The molecule has 160 valence electrons. The lowest BCUT2D eigenvalue weighted by Gasteiger charge is -2.34. The number of aliphatic hydroxyl groups is 1. The zero-order valence-electron chi connectivity index (χ0n) is 18.0. The molecule has 1 N–H and O–H groups in total. The average Bonchev–Trinajstić information content (AvgIpc) is 3.11. The van der Waals surface area contributed by atoms with Gasteiger partial charge in [-0.05, 0) is 31.3 Å². The van der Waals surface area contributed by atoms with Crippen LogP contribution in [0.3, 0.4) is 0 Å². The Morgan fingerprint density at radius 3 is 2.62 bits per heavy atom. The Balaban J connectivity index is 1.42. The lowest BCUT2D eigenvalue weighted by molar-refractivity contribution is 0.0470. The highest BCUT2D eigenvalue weighted by molar-refractivity contribution is 5.28. The monoisotopic (exact) mass is 401 g/mol. The van der Waals surface area contributed by atoms with Crippen molar-refractivity contribution in [3.63, 3.8) is 0 Å². The molecule has 2 aromatic rings. The molecule has 0 saturated carbocycles. The van der Waals surface area contributed by atoms with E-state index in [1.165, 1.54) is 5.56 Å². The van der Waals surface area contributed by atoms with Crippen LogP contribution in [0, 0.1) is 0 Å². The molecule has 1 aromatic heterocycles. The summed E-state index contributed by atoms with van der Waals surface area (Å²) in [5.74, 6) is 1.85. The summed E-state index contributed by atoms with van der Waals surface area (Å²) < 4.78 is 7.92. The van der Waals surface area contributed by atoms with Crippen LogP contribution in [0.4, 0.5) is 0 Å². The summed E-state index contributed by atoms with van der Waals surface area (Å²) >= 11 is 0. The number of hydrogen-bond donors (Lipinski definition) is 1. The van der Waals surface area contributed by atoms with Crippen LogP contribution in [0.25, 0.3) is 0 Å². The fraction of sp³-hybridized carbons (Fsp3) is 0.591. The van der Waals surface area contributed by atoms with E-state index in [0.29, 0.717) is 13.2 Å². The van der Waals surface area contributed by atoms with Crippen molar-refractivity contribution >= 4 is 0 Å². The van der Waals surface area contributed by atoms with Gasteiger partial charge in [0.25, 0.3) is 0 Å². The van der Waals surface area contributed by atoms with Gasteiger partial charge in [0.1, 0.15) is 24.3 Å². The average molecular weight is 402 g/mol. The van der Waals surface area contributed by atoms with Crippen LogP contribution >= 0.6 is 0 Å². The van der Waals surface area contributed by atoms with Crippen LogP contribution in [0.15, 0.2) is 36.7 Å². The summed E-state index contributed by atoms with van der Waals surface area (Å²) in [6.45, 7) is 10.1. The van der Waals surface area contributed by atoms with E-state index in [-0.39, 0.29) is 0 Å². The molecular weight excluding hydrogens is 366 g/mol. The van der Waals surface area contributed by atoms with Gasteiger partial charge in [-0.2, -0.15) is 0 Å². The van der Waals surface area contributed by atoms with E-state index in [0.717, 1.165) is 57.4 Å². The van der Waals surface area contributed by atoms with Gasteiger partial charge in [0.2, 0.25) is 0 Å². The number of aromatic nitrogens is 2. The molecule has 0 bridgehead atoms. The van der Waals surface area contributed by atoms with Gasteiger partial charge in [-0.1, -0.05) is 19.1 Å². The van der Waals surface area contributed by atoms with E-state index < -0.39 is 6.10 Å². The number of aliphatic hydroxyl groups excluding tert-OH is 1. The van der Waals surface area contributed by atoms with Crippen molar-refractivity contribution in [2.24, 2.45) is 7.05 Å². The number of nitrogens with zero attached hydrogens (tertiary/aromatic N) is 5. The van der Waals surface area contributed by atoms with Crippen LogP contribution in [-0.4, -0.2) is 88.4 Å². The lowest BCUT2D eigenvalue weighted by Crippen LogP contribution is -2.49. The van der Waals surface area contributed by atoms with E-state index >= 15 is 0 Å². The molecular formula is C22H35N5O2. The molecule has 0 aliphatic carbocycles. The summed E-state index contributed by atoms with van der Waals surface area (Å²) in [7, 11) is 4.10. The van der Waals surface area contributed by atoms with Crippen molar-refractivity contribution in [2.75, 3.05) is 52.9 Å². The summed E-state index contributed by atoms with van der Waals surface area (Å²) in [5, 5.41) is 10.4. The predicted octanol–water partition coefficient (Wildman–Crippen LogP) is 1.43. The minimum Gasteiger partial charge on any atom is -0.491 e. The number of benzene rings is 1. The number of ether oxygens (including phenoxy) is 1. The highest BCUT2D eigenvalue weighted by atomic mass is 16.5. The second kappa shape index (κ2) is 10.7. The van der Waals surface area contributed by atoms with Gasteiger partial charge in [0.15, 0.2) is 0 Å². The van der Waals surface area contributed by atoms with Crippen molar-refractivity contribution in [2.45, 2.75) is 26.1 Å². The van der Waals surface area contributed by atoms with Crippen molar-refractivity contribution in [1.29, 1.82) is 0 Å². The molecule has 1 saturated heterocycles. The van der Waals surface area contributed by atoms with Crippen LogP contribution in [-0.2, 0) is 20.1 Å². The fourth-order valence-corrected chi connectivity index (χ4v) is 3.72. The fourth-order valence-electron chi connectivity index (χ4n) is 3.72. The molecule has 29 heavy (non-hydrogen) atoms. The van der Waals surface area contributed by atoms with Crippen molar-refractivity contribution in [3.8, 4) is 5.75 Å². The number of imidazole rings is 1. The minimum atomic E-state index is -0.474. The summed E-state index contributed by atoms with van der Waals surface area (Å²) in [6, 6.07) is 8.12. The largest absolute Gasteiger partial charge is 0.491 e. The van der Waals surface area contributed by atoms with Gasteiger partial charge < -0.3 is 19.3 Å². The highest BCUT2D eigenvalue weighted by Crippen LogP contribution is 2.16. The van der Waals surface area contributed by atoms with Crippen molar-refractivity contribution < 1.29 is 9.84 Å². The second-order valence-electron chi connectivity index (χ2n) is 7.97. The maximum atomic E-state index is 10.4. The number of aryl methyl sites for hydroxylation is 1. The number of rotatable bonds is 10. The predicted molar refractivity (Wildman–Crippen MR) is 115 cm³/mol. The molecule has 2 heterocycles. The second-order valence-corrected chi connectivity index (χ2v) is 7.97. The first-order valence-electron chi connectivity index (χ1n) is 10.5. The van der Waals surface area contributed by atoms with E-state index in [2.05, 4.69) is 45.8 Å². The number of likely N-dealkylation sites (N-methyl/N-ethyl adjacent to an activating group) is 1. The number of β-amino-alcohol motifs (C(OH)–C–C–N with tert-alkyl or cyclic N) is 1. The summed E-state index contributed by atoms with van der Waals surface area (Å²) in [6.07, 6.45) is 3.32. The first-order valence-corrected chi connectivity index (χ1v) is 10.5. The molecule has 7 nitrogen and oxygen atoms in total. The van der Waals surface area contributed by atoms with Crippen LogP contribution in [0.2, 0.25) is 0 Å². The van der Waals surface area contributed by atoms with Gasteiger partial charge in [-0.25, -0.2) is 4.98 Å². The molecule has 3 rings (SSSR count). The van der Waals surface area contributed by atoms with E-state index in [1.54, 1.807) is 0 Å². The summed E-state index contributed by atoms with van der Waals surface area (Å²) in [5.41, 5.74) is 1.18. The number of hydrogen-bond acceptors (Lipinski definition) is 6. The van der Waals surface area contributed by atoms with Crippen molar-refractivity contribution in [1.82, 2.24) is 24.3 Å². The third-order valence-corrected chi connectivity index (χ3v) is 5.51. The van der Waals surface area contributed by atoms with Crippen LogP contribution in [0.5, 0.6) is 5.75 Å². The molecule has 1 aliphatic rings. The van der Waals surface area contributed by atoms with Gasteiger partial charge in [-0.3, -0.25) is 9.80 Å². The van der Waals surface area contributed by atoms with E-state index in [4.69, 9.17) is 4.74 Å². The Kier molecular flexibility index (Phi) is 8.06. The van der Waals surface area contributed by atoms with Gasteiger partial charge >= 0.3 is 0 Å². The maximum Gasteiger partial charge on any atom is 0.122 e. The third kappa shape index (κ3) is 6.82. The van der Waals surface area contributed by atoms with Gasteiger partial charge in [-0.15, -0.1) is 0 Å². The Morgan fingerprint density at radius 2 is 1.93 bits per heavy atom. The van der Waals surface area contributed by atoms with Crippen LogP contribution < -0.4 is 4.74 Å². The highest BCUT2D eigenvalue weighted by Gasteiger charge is 2.18.